The second-order valence-electron chi connectivity index (χ2n) is 5.88. The number of aliphatic hydroxyl groups is 1. The highest BCUT2D eigenvalue weighted by molar-refractivity contribution is 5.80. The topological polar surface area (TPSA) is 114 Å². The first kappa shape index (κ1) is 19.6. The van der Waals surface area contributed by atoms with Gasteiger partial charge in [-0.3, -0.25) is 9.78 Å². The number of rotatable bonds is 5. The van der Waals surface area contributed by atoms with Gasteiger partial charge in [-0.25, -0.2) is 10.4 Å². The molecule has 0 bridgehead atoms. The van der Waals surface area contributed by atoms with Gasteiger partial charge in [0.2, 0.25) is 5.95 Å². The van der Waals surface area contributed by atoms with E-state index in [-0.39, 0.29) is 18.1 Å². The Morgan fingerprint density at radius 3 is 2.62 bits per heavy atom. The molecule has 0 saturated carbocycles. The van der Waals surface area contributed by atoms with Gasteiger partial charge in [0.1, 0.15) is 11.6 Å². The predicted molar refractivity (Wildman–Crippen MR) is 111 cm³/mol. The Morgan fingerprint density at radius 2 is 1.93 bits per heavy atom. The van der Waals surface area contributed by atoms with E-state index in [1.54, 1.807) is 18.3 Å². The van der Waals surface area contributed by atoms with Crippen LogP contribution in [0.5, 0.6) is 0 Å². The summed E-state index contributed by atoms with van der Waals surface area (Å²) in [7, 11) is 0. The monoisotopic (exact) mass is 383 g/mol. The van der Waals surface area contributed by atoms with Crippen LogP contribution in [-0.4, -0.2) is 27.9 Å². The molecule has 29 heavy (non-hydrogen) atoms. The lowest BCUT2D eigenvalue weighted by Gasteiger charge is -2.05. The van der Waals surface area contributed by atoms with Crippen molar-refractivity contribution < 1.29 is 5.11 Å². The van der Waals surface area contributed by atoms with E-state index in [0.717, 1.165) is 11.1 Å². The number of hydrogen-bond donors (Lipinski definition) is 3. The smallest absolute Gasteiger partial charge is 0.270 e. The highest BCUT2D eigenvalue weighted by atomic mass is 16.2. The van der Waals surface area contributed by atoms with Gasteiger partial charge in [0.25, 0.3) is 5.56 Å². The molecule has 2 aromatic carbocycles. The molecule has 0 aliphatic carbocycles. The SMILES string of the molecule is N#Cc1c(-c2ccccc2)nc(NN=Cc2ccc(C#CCCO)cc2)[nH]c1=O. The minimum atomic E-state index is -0.537. The first-order chi connectivity index (χ1) is 14.2. The maximum atomic E-state index is 12.2. The third-order valence-corrected chi connectivity index (χ3v) is 3.84. The van der Waals surface area contributed by atoms with E-state index in [1.165, 1.54) is 0 Å². The maximum Gasteiger partial charge on any atom is 0.270 e. The molecule has 0 spiro atoms. The minimum absolute atomic E-state index is 0.0425. The molecule has 0 amide bonds. The molecule has 0 fully saturated rings. The van der Waals surface area contributed by atoms with E-state index in [2.05, 4.69) is 32.3 Å². The number of anilines is 1. The second-order valence-corrected chi connectivity index (χ2v) is 5.88. The fraction of sp³-hybridized carbons (Fsp3) is 0.0909. The average Bonchev–Trinajstić information content (AvgIpc) is 2.75. The van der Waals surface area contributed by atoms with Gasteiger partial charge in [-0.1, -0.05) is 54.3 Å². The van der Waals surface area contributed by atoms with Crippen LogP contribution in [0.25, 0.3) is 11.3 Å². The van der Waals surface area contributed by atoms with Gasteiger partial charge >= 0.3 is 0 Å². The number of aliphatic hydroxyl groups excluding tert-OH is 1. The molecule has 3 N–H and O–H groups in total. The molecule has 0 atom stereocenters. The Morgan fingerprint density at radius 1 is 1.17 bits per heavy atom. The van der Waals surface area contributed by atoms with Crippen molar-refractivity contribution in [1.29, 1.82) is 5.26 Å². The van der Waals surface area contributed by atoms with Crippen LogP contribution < -0.4 is 11.0 Å². The maximum absolute atomic E-state index is 12.2. The molecule has 3 aromatic rings. The van der Waals surface area contributed by atoms with E-state index < -0.39 is 5.56 Å². The first-order valence-corrected chi connectivity index (χ1v) is 8.80. The van der Waals surface area contributed by atoms with Crippen molar-refractivity contribution in [3.8, 4) is 29.2 Å². The van der Waals surface area contributed by atoms with Crippen LogP contribution >= 0.6 is 0 Å². The van der Waals surface area contributed by atoms with Crippen LogP contribution in [0.15, 0.2) is 64.5 Å². The molecule has 7 heteroatoms. The Labute approximate surface area is 167 Å². The van der Waals surface area contributed by atoms with Crippen LogP contribution in [0, 0.1) is 23.2 Å². The minimum Gasteiger partial charge on any atom is -0.395 e. The highest BCUT2D eigenvalue weighted by Gasteiger charge is 2.12. The summed E-state index contributed by atoms with van der Waals surface area (Å²) in [5.74, 6) is 5.94. The zero-order valence-electron chi connectivity index (χ0n) is 15.4. The zero-order chi connectivity index (χ0) is 20.5. The third-order valence-electron chi connectivity index (χ3n) is 3.84. The van der Waals surface area contributed by atoms with Crippen molar-refractivity contribution >= 4 is 12.2 Å². The van der Waals surface area contributed by atoms with Crippen molar-refractivity contribution in [3.63, 3.8) is 0 Å². The summed E-state index contributed by atoms with van der Waals surface area (Å²) in [6.45, 7) is 0.0425. The molecule has 0 unspecified atom stereocenters. The first-order valence-electron chi connectivity index (χ1n) is 8.80. The number of nitrogens with zero attached hydrogens (tertiary/aromatic N) is 3. The van der Waals surface area contributed by atoms with Crippen LogP contribution in [-0.2, 0) is 0 Å². The Hall–Kier alpha value is -4.20. The van der Waals surface area contributed by atoms with Gasteiger partial charge in [-0.15, -0.1) is 0 Å². The number of hydrazone groups is 1. The molecule has 1 aromatic heterocycles. The number of aromatic nitrogens is 2. The van der Waals surface area contributed by atoms with Crippen LogP contribution in [0.2, 0.25) is 0 Å². The van der Waals surface area contributed by atoms with Gasteiger partial charge < -0.3 is 5.11 Å². The van der Waals surface area contributed by atoms with E-state index in [4.69, 9.17) is 5.11 Å². The molecule has 7 nitrogen and oxygen atoms in total. The summed E-state index contributed by atoms with van der Waals surface area (Å²) in [6.07, 6.45) is 2.01. The summed E-state index contributed by atoms with van der Waals surface area (Å²) in [5.41, 5.74) is 4.72. The summed E-state index contributed by atoms with van der Waals surface area (Å²) >= 11 is 0. The van der Waals surface area contributed by atoms with Crippen molar-refractivity contribution in [2.75, 3.05) is 12.0 Å². The predicted octanol–water partition coefficient (Wildman–Crippen LogP) is 2.49. The van der Waals surface area contributed by atoms with E-state index in [9.17, 15) is 10.1 Å². The van der Waals surface area contributed by atoms with E-state index >= 15 is 0 Å². The van der Waals surface area contributed by atoms with Crippen molar-refractivity contribution in [1.82, 2.24) is 9.97 Å². The lowest BCUT2D eigenvalue weighted by molar-refractivity contribution is 0.305. The number of H-pyrrole nitrogens is 1. The molecule has 0 aliphatic rings. The van der Waals surface area contributed by atoms with Crippen LogP contribution in [0.4, 0.5) is 5.95 Å². The number of hydrogen-bond acceptors (Lipinski definition) is 6. The Balaban J connectivity index is 1.77. The van der Waals surface area contributed by atoms with Crippen molar-refractivity contribution in [2.24, 2.45) is 5.10 Å². The molecule has 3 rings (SSSR count). The molecular formula is C22H17N5O2. The third kappa shape index (κ3) is 5.16. The number of nitrogens with one attached hydrogen (secondary N) is 2. The summed E-state index contributed by atoms with van der Waals surface area (Å²) in [4.78, 5) is 19.0. The molecule has 0 saturated heterocycles. The highest BCUT2D eigenvalue weighted by Crippen LogP contribution is 2.19. The fourth-order valence-corrected chi connectivity index (χ4v) is 2.48. The second kappa shape index (κ2) is 9.65. The Kier molecular flexibility index (Phi) is 6.51. The van der Waals surface area contributed by atoms with Gasteiger partial charge in [0.15, 0.2) is 0 Å². The quantitative estimate of drug-likeness (QED) is 0.356. The standard InChI is InChI=1S/C22H17N5O2/c23-14-19-20(18-7-2-1-3-8-18)25-22(26-21(19)29)27-24-15-17-11-9-16(10-12-17)6-4-5-13-28/h1-3,7-12,15,28H,5,13H2,(H2,25,26,27,29). The lowest BCUT2D eigenvalue weighted by Crippen LogP contribution is -2.16. The van der Waals surface area contributed by atoms with Crippen LogP contribution in [0.3, 0.4) is 0 Å². The summed E-state index contributed by atoms with van der Waals surface area (Å²) in [6, 6.07) is 18.3. The summed E-state index contributed by atoms with van der Waals surface area (Å²) in [5, 5.41) is 22.1. The van der Waals surface area contributed by atoms with Gasteiger partial charge in [0, 0.05) is 17.5 Å². The number of aromatic amines is 1. The van der Waals surface area contributed by atoms with Crippen molar-refractivity contribution in [3.05, 3.63) is 81.6 Å². The average molecular weight is 383 g/mol. The molecule has 142 valence electrons. The molecule has 1 heterocycles. The van der Waals surface area contributed by atoms with Gasteiger partial charge in [-0.2, -0.15) is 10.4 Å². The summed E-state index contributed by atoms with van der Waals surface area (Å²) < 4.78 is 0. The lowest BCUT2D eigenvalue weighted by atomic mass is 10.1. The van der Waals surface area contributed by atoms with E-state index in [1.807, 2.05) is 48.5 Å². The number of nitriles is 1. The van der Waals surface area contributed by atoms with Gasteiger partial charge in [0.05, 0.1) is 18.5 Å². The normalized spacial score (nSPS) is 10.2. The molecular weight excluding hydrogens is 366 g/mol. The fourth-order valence-electron chi connectivity index (χ4n) is 2.48. The van der Waals surface area contributed by atoms with Gasteiger partial charge in [-0.05, 0) is 17.7 Å². The van der Waals surface area contributed by atoms with E-state index in [0.29, 0.717) is 17.7 Å². The number of benzene rings is 2. The van der Waals surface area contributed by atoms with Crippen molar-refractivity contribution in [2.45, 2.75) is 6.42 Å². The molecule has 0 radical (unpaired) electrons. The van der Waals surface area contributed by atoms with Crippen LogP contribution in [0.1, 0.15) is 23.1 Å². The molecule has 0 aliphatic heterocycles. The Bertz CT molecular complexity index is 1160. The zero-order valence-corrected chi connectivity index (χ0v) is 15.4. The largest absolute Gasteiger partial charge is 0.395 e.